The predicted molar refractivity (Wildman–Crippen MR) is 94.8 cm³/mol. The zero-order chi connectivity index (χ0) is 16.2. The molecule has 2 N–H and O–H groups in total. The minimum absolute atomic E-state index is 0.399. The van der Waals surface area contributed by atoms with Crippen LogP contribution in [0.25, 0.3) is 0 Å². The molecule has 0 aliphatic carbocycles. The van der Waals surface area contributed by atoms with Gasteiger partial charge in [0.25, 0.3) is 0 Å². The summed E-state index contributed by atoms with van der Waals surface area (Å²) >= 11 is 5.40. The van der Waals surface area contributed by atoms with Gasteiger partial charge in [0.05, 0.1) is 5.69 Å². The van der Waals surface area contributed by atoms with E-state index in [9.17, 15) is 5.26 Å². The van der Waals surface area contributed by atoms with Crippen molar-refractivity contribution in [3.8, 4) is 6.07 Å². The number of hydrogen-bond acceptors (Lipinski definition) is 5. The average Bonchev–Trinajstić information content (AvgIpc) is 2.92. The van der Waals surface area contributed by atoms with Gasteiger partial charge in [-0.15, -0.1) is 0 Å². The van der Waals surface area contributed by atoms with Crippen molar-refractivity contribution in [1.29, 1.82) is 5.26 Å². The van der Waals surface area contributed by atoms with Crippen molar-refractivity contribution in [3.05, 3.63) is 65.6 Å². The Morgan fingerprint density at radius 2 is 2.09 bits per heavy atom. The maximum absolute atomic E-state index is 9.53. The van der Waals surface area contributed by atoms with E-state index in [-0.39, 0.29) is 0 Å². The Balaban J connectivity index is 1.80. The second-order valence-corrected chi connectivity index (χ2v) is 5.47. The zero-order valence-corrected chi connectivity index (χ0v) is 13.4. The van der Waals surface area contributed by atoms with Crippen LogP contribution in [0, 0.1) is 11.3 Å². The van der Waals surface area contributed by atoms with E-state index in [1.807, 2.05) is 54.4 Å². The van der Waals surface area contributed by atoms with Crippen LogP contribution in [0.1, 0.15) is 5.56 Å². The molecular formula is C17H15N5S. The number of pyridine rings is 1. The molecule has 0 fully saturated rings. The Morgan fingerprint density at radius 1 is 1.30 bits per heavy atom. The number of nitrogens with zero attached hydrogens (tertiary/aromatic N) is 3. The Labute approximate surface area is 140 Å². The van der Waals surface area contributed by atoms with Crippen LogP contribution in [0.3, 0.4) is 0 Å². The smallest absolute Gasteiger partial charge is 0.155 e. The second-order valence-electron chi connectivity index (χ2n) is 5.06. The van der Waals surface area contributed by atoms with Gasteiger partial charge < -0.3 is 15.5 Å². The summed E-state index contributed by atoms with van der Waals surface area (Å²) in [7, 11) is 1.88. The maximum Gasteiger partial charge on any atom is 0.155 e. The van der Waals surface area contributed by atoms with Crippen molar-refractivity contribution in [2.75, 3.05) is 17.3 Å². The lowest BCUT2D eigenvalue weighted by Crippen LogP contribution is -2.27. The molecule has 0 saturated carbocycles. The SMILES string of the molecule is CN1/C(=C(\C#N)C(=S)NCc2ccccc2)Nc2ncccc21. The van der Waals surface area contributed by atoms with E-state index >= 15 is 0 Å². The lowest BCUT2D eigenvalue weighted by Gasteiger charge is -2.16. The molecular weight excluding hydrogens is 306 g/mol. The van der Waals surface area contributed by atoms with Crippen molar-refractivity contribution >= 4 is 28.7 Å². The fourth-order valence-corrected chi connectivity index (χ4v) is 2.60. The van der Waals surface area contributed by atoms with Gasteiger partial charge in [0.15, 0.2) is 5.82 Å². The first-order chi connectivity index (χ1) is 11.2. The highest BCUT2D eigenvalue weighted by molar-refractivity contribution is 7.80. The lowest BCUT2D eigenvalue weighted by molar-refractivity contribution is 0.926. The molecule has 2 heterocycles. The largest absolute Gasteiger partial charge is 0.371 e. The van der Waals surface area contributed by atoms with Gasteiger partial charge in [0.1, 0.15) is 22.5 Å². The molecule has 0 bridgehead atoms. The number of hydrogen-bond donors (Lipinski definition) is 2. The van der Waals surface area contributed by atoms with Crippen LogP contribution in [0.4, 0.5) is 11.5 Å². The van der Waals surface area contributed by atoms with Gasteiger partial charge in [-0.05, 0) is 17.7 Å². The predicted octanol–water partition coefficient (Wildman–Crippen LogP) is 2.80. The fraction of sp³-hybridized carbons (Fsp3) is 0.118. The van der Waals surface area contributed by atoms with E-state index in [4.69, 9.17) is 12.2 Å². The summed E-state index contributed by atoms with van der Waals surface area (Å²) in [5.74, 6) is 1.37. The Kier molecular flexibility index (Phi) is 4.22. The molecule has 0 unspecified atom stereocenters. The van der Waals surface area contributed by atoms with Crippen molar-refractivity contribution in [2.24, 2.45) is 0 Å². The molecule has 23 heavy (non-hydrogen) atoms. The first-order valence-corrected chi connectivity index (χ1v) is 7.54. The summed E-state index contributed by atoms with van der Waals surface area (Å²) in [6.07, 6.45) is 1.71. The zero-order valence-electron chi connectivity index (χ0n) is 12.6. The number of aromatic nitrogens is 1. The van der Waals surface area contributed by atoms with Crippen LogP contribution >= 0.6 is 12.2 Å². The maximum atomic E-state index is 9.53. The highest BCUT2D eigenvalue weighted by Gasteiger charge is 2.26. The van der Waals surface area contributed by atoms with Crippen LogP contribution in [-0.4, -0.2) is 17.0 Å². The highest BCUT2D eigenvalue weighted by Crippen LogP contribution is 2.34. The van der Waals surface area contributed by atoms with E-state index in [1.54, 1.807) is 6.20 Å². The number of benzene rings is 1. The molecule has 1 aromatic heterocycles. The third-order valence-electron chi connectivity index (χ3n) is 3.59. The number of nitrogens with one attached hydrogen (secondary N) is 2. The van der Waals surface area contributed by atoms with Gasteiger partial charge in [-0.3, -0.25) is 0 Å². The molecule has 1 aromatic carbocycles. The highest BCUT2D eigenvalue weighted by atomic mass is 32.1. The quantitative estimate of drug-likeness (QED) is 0.515. The molecule has 2 aromatic rings. The van der Waals surface area contributed by atoms with Gasteiger partial charge in [0.2, 0.25) is 0 Å². The number of fused-ring (bicyclic) bond motifs is 1. The molecule has 0 saturated heterocycles. The molecule has 0 amide bonds. The monoisotopic (exact) mass is 321 g/mol. The van der Waals surface area contributed by atoms with Gasteiger partial charge in [-0.2, -0.15) is 5.26 Å². The molecule has 1 aliphatic heterocycles. The standard InChI is InChI=1S/C17H15N5S/c1-22-14-8-5-9-19-15(14)21-16(22)13(10-18)17(23)20-11-12-6-3-2-4-7-12/h2-9H,11H2,1H3,(H,19,21)(H,20,23)/b16-13+. The number of rotatable bonds is 3. The van der Waals surface area contributed by atoms with Crippen molar-refractivity contribution < 1.29 is 0 Å². The summed E-state index contributed by atoms with van der Waals surface area (Å²) in [5, 5.41) is 15.8. The van der Waals surface area contributed by atoms with Crippen molar-refractivity contribution in [1.82, 2.24) is 10.3 Å². The summed E-state index contributed by atoms with van der Waals surface area (Å²) in [4.78, 5) is 6.57. The Bertz CT molecular complexity index is 807. The third-order valence-corrected chi connectivity index (χ3v) is 3.94. The number of anilines is 2. The number of thiocarbonyl (C=S) groups is 1. The Hall–Kier alpha value is -2.91. The fourth-order valence-electron chi connectivity index (χ4n) is 2.39. The van der Waals surface area contributed by atoms with E-state index in [2.05, 4.69) is 21.7 Å². The van der Waals surface area contributed by atoms with Crippen molar-refractivity contribution in [2.45, 2.75) is 6.54 Å². The van der Waals surface area contributed by atoms with Gasteiger partial charge >= 0.3 is 0 Å². The normalized spacial score (nSPS) is 14.5. The lowest BCUT2D eigenvalue weighted by atomic mass is 10.2. The van der Waals surface area contributed by atoms with Crippen LogP contribution in [0.2, 0.25) is 0 Å². The molecule has 6 heteroatoms. The number of nitriles is 1. The van der Waals surface area contributed by atoms with Crippen LogP contribution in [-0.2, 0) is 6.54 Å². The van der Waals surface area contributed by atoms with E-state index < -0.39 is 0 Å². The topological polar surface area (TPSA) is 64.0 Å². The van der Waals surface area contributed by atoms with Gasteiger partial charge in [-0.1, -0.05) is 42.5 Å². The van der Waals surface area contributed by atoms with Crippen LogP contribution < -0.4 is 15.5 Å². The molecule has 0 atom stereocenters. The Morgan fingerprint density at radius 3 is 2.78 bits per heavy atom. The molecule has 0 radical (unpaired) electrons. The van der Waals surface area contributed by atoms with Gasteiger partial charge in [-0.25, -0.2) is 4.98 Å². The van der Waals surface area contributed by atoms with E-state index in [0.29, 0.717) is 22.9 Å². The summed E-state index contributed by atoms with van der Waals surface area (Å²) in [6.45, 7) is 0.576. The summed E-state index contributed by atoms with van der Waals surface area (Å²) in [6, 6.07) is 15.9. The van der Waals surface area contributed by atoms with Crippen LogP contribution in [0.5, 0.6) is 0 Å². The minimum atomic E-state index is 0.399. The third kappa shape index (κ3) is 3.00. The first kappa shape index (κ1) is 15.0. The van der Waals surface area contributed by atoms with E-state index in [1.165, 1.54) is 0 Å². The molecule has 114 valence electrons. The van der Waals surface area contributed by atoms with Crippen LogP contribution in [0.15, 0.2) is 60.1 Å². The van der Waals surface area contributed by atoms with Crippen molar-refractivity contribution in [3.63, 3.8) is 0 Å². The first-order valence-electron chi connectivity index (χ1n) is 7.13. The molecule has 0 spiro atoms. The molecule has 5 nitrogen and oxygen atoms in total. The molecule has 3 rings (SSSR count). The summed E-state index contributed by atoms with van der Waals surface area (Å²) < 4.78 is 0. The summed E-state index contributed by atoms with van der Waals surface area (Å²) in [5.41, 5.74) is 2.42. The van der Waals surface area contributed by atoms with Gasteiger partial charge in [0, 0.05) is 19.8 Å². The second kappa shape index (κ2) is 6.46. The minimum Gasteiger partial charge on any atom is -0.371 e. The molecule has 1 aliphatic rings. The van der Waals surface area contributed by atoms with E-state index in [0.717, 1.165) is 17.1 Å². The average molecular weight is 321 g/mol.